The van der Waals surface area contributed by atoms with Crippen LogP contribution in [0.2, 0.25) is 10.0 Å². The largest absolute Gasteiger partial charge is 0.384 e. The molecule has 4 aromatic rings. The Hall–Kier alpha value is -3.30. The van der Waals surface area contributed by atoms with Gasteiger partial charge in [-0.05, 0) is 42.0 Å². The highest BCUT2D eigenvalue weighted by Gasteiger charge is 2.38. The molecular weight excluding hydrogens is 461 g/mol. The molecule has 0 fully saturated rings. The molecule has 0 saturated carbocycles. The number of nitrogens with two attached hydrogens (primary N) is 1. The fourth-order valence-corrected chi connectivity index (χ4v) is 5.85. The van der Waals surface area contributed by atoms with Gasteiger partial charge in [-0.2, -0.15) is 5.26 Å². The smallest absolute Gasteiger partial charge is 0.194 e. The van der Waals surface area contributed by atoms with Crippen molar-refractivity contribution >= 4 is 55.3 Å². The topological polar surface area (TPSA) is 70.1 Å². The van der Waals surface area contributed by atoms with Crippen molar-refractivity contribution in [3.05, 3.63) is 116 Å². The Morgan fingerprint density at radius 3 is 2.44 bits per heavy atom. The summed E-state index contributed by atoms with van der Waals surface area (Å²) in [5.74, 6) is -0.402. The van der Waals surface area contributed by atoms with Gasteiger partial charge in [0.2, 0.25) is 0 Å². The first kappa shape index (κ1) is 20.6. The lowest BCUT2D eigenvalue weighted by Crippen LogP contribution is -2.34. The Bertz CT molecular complexity index is 1510. The van der Waals surface area contributed by atoms with Crippen molar-refractivity contribution in [2.45, 2.75) is 5.92 Å². The average molecular weight is 476 g/mol. The van der Waals surface area contributed by atoms with Gasteiger partial charge in [-0.25, -0.2) is 0 Å². The number of benzene rings is 3. The van der Waals surface area contributed by atoms with E-state index in [1.807, 2.05) is 48.5 Å². The molecule has 7 heteroatoms. The Kier molecular flexibility index (Phi) is 5.15. The highest BCUT2D eigenvalue weighted by Crippen LogP contribution is 2.49. The molecule has 1 atom stereocenters. The number of nitriles is 1. The van der Waals surface area contributed by atoms with Crippen molar-refractivity contribution in [1.82, 2.24) is 0 Å². The van der Waals surface area contributed by atoms with Crippen molar-refractivity contribution in [3.8, 4) is 6.07 Å². The van der Waals surface area contributed by atoms with E-state index in [4.69, 9.17) is 28.9 Å². The second-order valence-corrected chi connectivity index (χ2v) is 9.20. The molecule has 4 nitrogen and oxygen atoms in total. The summed E-state index contributed by atoms with van der Waals surface area (Å²) in [6.45, 7) is 0. The zero-order valence-electron chi connectivity index (χ0n) is 16.5. The number of hydrogen-bond donors (Lipinski definition) is 1. The van der Waals surface area contributed by atoms with E-state index in [0.717, 1.165) is 10.4 Å². The van der Waals surface area contributed by atoms with E-state index in [-0.39, 0.29) is 16.8 Å². The van der Waals surface area contributed by atoms with E-state index in [2.05, 4.69) is 6.07 Å². The van der Waals surface area contributed by atoms with Crippen molar-refractivity contribution in [2.75, 3.05) is 4.90 Å². The van der Waals surface area contributed by atoms with Crippen LogP contribution in [0.3, 0.4) is 0 Å². The molecular formula is C25H15Cl2N3OS. The van der Waals surface area contributed by atoms with Crippen LogP contribution in [0, 0.1) is 11.3 Å². The number of hydrogen-bond acceptors (Lipinski definition) is 5. The summed E-state index contributed by atoms with van der Waals surface area (Å²) in [4.78, 5) is 15.6. The van der Waals surface area contributed by atoms with Gasteiger partial charge in [0.1, 0.15) is 10.8 Å². The molecule has 1 aliphatic rings. The molecule has 1 aromatic heterocycles. The summed E-state index contributed by atoms with van der Waals surface area (Å²) in [7, 11) is 0. The maximum Gasteiger partial charge on any atom is 0.194 e. The summed E-state index contributed by atoms with van der Waals surface area (Å²) in [6, 6.07) is 24.1. The molecule has 32 heavy (non-hydrogen) atoms. The molecule has 0 aliphatic carbocycles. The maximum atomic E-state index is 13.8. The molecule has 0 saturated heterocycles. The first-order valence-corrected chi connectivity index (χ1v) is 11.3. The van der Waals surface area contributed by atoms with Crippen molar-refractivity contribution in [2.24, 2.45) is 5.73 Å². The van der Waals surface area contributed by atoms with Crippen LogP contribution >= 0.6 is 34.5 Å². The Balaban J connectivity index is 1.94. The zero-order valence-corrected chi connectivity index (χ0v) is 18.9. The van der Waals surface area contributed by atoms with Crippen LogP contribution in [0.5, 0.6) is 0 Å². The quantitative estimate of drug-likeness (QED) is 0.356. The van der Waals surface area contributed by atoms with Crippen LogP contribution in [-0.2, 0) is 0 Å². The molecule has 1 aliphatic heterocycles. The van der Waals surface area contributed by atoms with Gasteiger partial charge in [0, 0.05) is 31.4 Å². The molecule has 0 amide bonds. The van der Waals surface area contributed by atoms with E-state index in [0.29, 0.717) is 31.6 Å². The molecule has 5 rings (SSSR count). The minimum absolute atomic E-state index is 0.170. The standard InChI is InChI=1S/C25H15Cl2N3OS/c26-14-10-11-17-20(12-14)32-25-22(23(17)31)21(16-8-4-5-9-19(16)27)18(13-28)24(29)30(25)15-6-2-1-3-7-15/h1-12,21H,29H2. The minimum atomic E-state index is -0.674. The van der Waals surface area contributed by atoms with Gasteiger partial charge in [-0.3, -0.25) is 9.69 Å². The van der Waals surface area contributed by atoms with Gasteiger partial charge in [-0.15, -0.1) is 11.3 Å². The second-order valence-electron chi connectivity index (χ2n) is 7.33. The van der Waals surface area contributed by atoms with Gasteiger partial charge >= 0.3 is 0 Å². The van der Waals surface area contributed by atoms with Crippen molar-refractivity contribution in [1.29, 1.82) is 5.26 Å². The molecule has 0 radical (unpaired) electrons. The van der Waals surface area contributed by atoms with E-state index >= 15 is 0 Å². The van der Waals surface area contributed by atoms with Gasteiger partial charge in [0.05, 0.1) is 17.6 Å². The second kappa shape index (κ2) is 7.99. The summed E-state index contributed by atoms with van der Waals surface area (Å²) < 4.78 is 0.744. The van der Waals surface area contributed by atoms with E-state index in [1.165, 1.54) is 11.3 Å². The number of anilines is 2. The number of allylic oxidation sites excluding steroid dienone is 1. The lowest BCUT2D eigenvalue weighted by molar-refractivity contribution is 0.895. The van der Waals surface area contributed by atoms with Gasteiger partial charge in [0.15, 0.2) is 5.43 Å². The van der Waals surface area contributed by atoms with Gasteiger partial charge < -0.3 is 5.73 Å². The first-order chi connectivity index (χ1) is 15.5. The molecule has 2 N–H and O–H groups in total. The van der Waals surface area contributed by atoms with Crippen molar-refractivity contribution < 1.29 is 0 Å². The fraction of sp³-hybridized carbons (Fsp3) is 0.0400. The zero-order chi connectivity index (χ0) is 22.4. The number of nitrogens with zero attached hydrogens (tertiary/aromatic N) is 2. The monoisotopic (exact) mass is 475 g/mol. The third kappa shape index (κ3) is 3.16. The van der Waals surface area contributed by atoms with E-state index in [9.17, 15) is 10.1 Å². The lowest BCUT2D eigenvalue weighted by Gasteiger charge is -2.35. The highest BCUT2D eigenvalue weighted by molar-refractivity contribution is 7.22. The van der Waals surface area contributed by atoms with E-state index in [1.54, 1.807) is 29.2 Å². The highest BCUT2D eigenvalue weighted by atomic mass is 35.5. The molecule has 0 spiro atoms. The number of fused-ring (bicyclic) bond motifs is 2. The Morgan fingerprint density at radius 1 is 1.00 bits per heavy atom. The summed E-state index contributed by atoms with van der Waals surface area (Å²) >= 11 is 14.2. The predicted octanol–water partition coefficient (Wildman–Crippen LogP) is 6.55. The van der Waals surface area contributed by atoms with Crippen LogP contribution in [-0.4, -0.2) is 0 Å². The van der Waals surface area contributed by atoms with Gasteiger partial charge in [-0.1, -0.05) is 59.6 Å². The Morgan fingerprint density at radius 2 is 1.72 bits per heavy atom. The molecule has 0 bridgehead atoms. The fourth-order valence-electron chi connectivity index (χ4n) is 4.09. The summed E-state index contributed by atoms with van der Waals surface area (Å²) in [5.41, 5.74) is 8.62. The Labute approximate surface area is 198 Å². The third-order valence-corrected chi connectivity index (χ3v) is 7.25. The van der Waals surface area contributed by atoms with Crippen LogP contribution in [0.15, 0.2) is 89.0 Å². The SMILES string of the molecule is N#CC1=C(N)N(c2ccccc2)c2sc3cc(Cl)ccc3c(=O)c2C1c1ccccc1Cl. The number of rotatable bonds is 2. The minimum Gasteiger partial charge on any atom is -0.384 e. The van der Waals surface area contributed by atoms with Crippen LogP contribution in [0.4, 0.5) is 10.7 Å². The predicted molar refractivity (Wildman–Crippen MR) is 132 cm³/mol. The number of halogens is 2. The van der Waals surface area contributed by atoms with Crippen LogP contribution < -0.4 is 16.1 Å². The first-order valence-electron chi connectivity index (χ1n) is 9.77. The average Bonchev–Trinajstić information content (AvgIpc) is 2.79. The summed E-state index contributed by atoms with van der Waals surface area (Å²) in [5, 5.41) is 12.3. The maximum absolute atomic E-state index is 13.8. The van der Waals surface area contributed by atoms with Crippen LogP contribution in [0.25, 0.3) is 10.1 Å². The number of para-hydroxylation sites is 1. The molecule has 156 valence electrons. The van der Waals surface area contributed by atoms with Gasteiger partial charge in [0.25, 0.3) is 0 Å². The normalized spacial score (nSPS) is 15.5. The van der Waals surface area contributed by atoms with Crippen LogP contribution in [0.1, 0.15) is 17.0 Å². The lowest BCUT2D eigenvalue weighted by atomic mass is 9.83. The molecule has 2 heterocycles. The van der Waals surface area contributed by atoms with E-state index < -0.39 is 5.92 Å². The molecule has 1 unspecified atom stereocenters. The third-order valence-electron chi connectivity index (χ3n) is 5.52. The molecule has 3 aromatic carbocycles. The summed E-state index contributed by atoms with van der Waals surface area (Å²) in [6.07, 6.45) is 0. The van der Waals surface area contributed by atoms with Crippen molar-refractivity contribution in [3.63, 3.8) is 0 Å².